The first kappa shape index (κ1) is 60.4. The van der Waals surface area contributed by atoms with E-state index in [2.05, 4.69) is 35.7 Å². The summed E-state index contributed by atoms with van der Waals surface area (Å²) in [4.78, 5) is 102. The standard InChI is InChI=1S/C61H78N10O8S3/c1-37-30-51(79-8)48(59(78)70-28-22-67(23-29-70)40(4)72)32-52(37)81-53-33-62-60(82-53)66-57(76)44-17-20-46(21-18-44)69-26-24-68(25-27-69)45-11-9-10-43(16-19-45)56(75)65-55(61(5,6)7)50(74)35-71-34-47(73)31-49(71)58(77)64-38(2)41-12-14-42(15-13-41)54-39(3)63-36-80-54/h12-15,17-18,20-21,30,32-33,36,38,43,45,47,49,55,73H,9-11,16,19,22-29,31,34-35H2,1-8H3,(H,64,77)(H,65,75)(H,62,66,76)/t38-,43?,45?,47+,49-,55+/m0/s1. The van der Waals surface area contributed by atoms with Crippen molar-refractivity contribution < 1.29 is 38.6 Å². The van der Waals surface area contributed by atoms with Gasteiger partial charge in [0, 0.05) is 93.9 Å². The molecule has 0 bridgehead atoms. The number of piperazine rings is 2. The third-order valence-electron chi connectivity index (χ3n) is 16.6. The van der Waals surface area contributed by atoms with Gasteiger partial charge in [-0.2, -0.15) is 0 Å². The van der Waals surface area contributed by atoms with Crippen LogP contribution in [0.2, 0.25) is 0 Å². The zero-order valence-electron chi connectivity index (χ0n) is 48.4. The number of hydrogen-bond donors (Lipinski definition) is 4. The minimum Gasteiger partial charge on any atom is -0.496 e. The highest BCUT2D eigenvalue weighted by molar-refractivity contribution is 8.01. The first-order chi connectivity index (χ1) is 39.2. The van der Waals surface area contributed by atoms with Crippen LogP contribution in [-0.4, -0.2) is 167 Å². The summed E-state index contributed by atoms with van der Waals surface area (Å²) in [5.74, 6) is -0.639. The van der Waals surface area contributed by atoms with Crippen LogP contribution in [0, 0.1) is 25.2 Å². The molecule has 6 atom stereocenters. The zero-order valence-corrected chi connectivity index (χ0v) is 50.8. The number of β-amino-alcohol motifs (C(OH)–C–C–N with tert-alkyl or cyclic N) is 1. The van der Waals surface area contributed by atoms with Crippen molar-refractivity contribution in [3.63, 3.8) is 0 Å². The Bertz CT molecular complexity index is 3090. The minimum atomic E-state index is -0.770. The van der Waals surface area contributed by atoms with E-state index < -0.39 is 23.6 Å². The van der Waals surface area contributed by atoms with Crippen LogP contribution in [-0.2, 0) is 19.2 Å². The number of aliphatic hydroxyl groups is 1. The number of aromatic nitrogens is 2. The van der Waals surface area contributed by atoms with Gasteiger partial charge in [0.2, 0.25) is 17.7 Å². The van der Waals surface area contributed by atoms with E-state index in [9.17, 15) is 33.9 Å². The Balaban J connectivity index is 0.719. The SMILES string of the molecule is COc1cc(C)c(Sc2cnc(NC(=O)c3ccc(N4CCN(C5CCCC(C(=O)N[C@H](C(=O)CN6C[C@H](O)C[C@H]6C(=O)N[C@@H](C)c6ccc(-c7scnc7C)cc6)C(C)(C)C)CC5)CC4)cc3)s2)cc1C(=O)N1CCN(C(C)=O)CC1. The summed E-state index contributed by atoms with van der Waals surface area (Å²) in [6.07, 6.45) is 5.46. The fraction of sp³-hybridized carbons (Fsp3) is 0.508. The Hall–Kier alpha value is -6.23. The lowest BCUT2D eigenvalue weighted by Gasteiger charge is -2.40. The van der Waals surface area contributed by atoms with E-state index in [4.69, 9.17) is 4.74 Å². The zero-order chi connectivity index (χ0) is 58.4. The highest BCUT2D eigenvalue weighted by Gasteiger charge is 2.42. The smallest absolute Gasteiger partial charge is 0.257 e. The summed E-state index contributed by atoms with van der Waals surface area (Å²) in [7, 11) is 1.55. The Morgan fingerprint density at radius 3 is 2.21 bits per heavy atom. The number of ether oxygens (including phenoxy) is 1. The Morgan fingerprint density at radius 1 is 0.841 bits per heavy atom. The van der Waals surface area contributed by atoms with Gasteiger partial charge in [0.1, 0.15) is 5.75 Å². The molecule has 5 heterocycles. The van der Waals surface area contributed by atoms with Crippen LogP contribution in [0.1, 0.15) is 117 Å². The largest absolute Gasteiger partial charge is 0.496 e. The van der Waals surface area contributed by atoms with Crippen LogP contribution in [0.5, 0.6) is 5.75 Å². The van der Waals surface area contributed by atoms with Gasteiger partial charge in [-0.3, -0.25) is 43.9 Å². The molecule has 0 radical (unpaired) electrons. The number of thiazole rings is 2. The molecule has 4 aliphatic rings. The normalized spacial score (nSPS) is 20.9. The van der Waals surface area contributed by atoms with Gasteiger partial charge in [0.25, 0.3) is 11.8 Å². The van der Waals surface area contributed by atoms with Crippen molar-refractivity contribution in [3.05, 3.63) is 100 Å². The van der Waals surface area contributed by atoms with E-state index in [1.807, 2.05) is 108 Å². The average Bonchev–Trinajstić information content (AvgIpc) is 4.24. The van der Waals surface area contributed by atoms with Crippen LogP contribution in [0.4, 0.5) is 10.8 Å². The molecule has 5 aromatic rings. The fourth-order valence-electron chi connectivity index (χ4n) is 11.8. The number of hydrogen-bond acceptors (Lipinski definition) is 16. The van der Waals surface area contributed by atoms with Gasteiger partial charge >= 0.3 is 0 Å². The van der Waals surface area contributed by atoms with Crippen LogP contribution in [0.25, 0.3) is 10.4 Å². The molecule has 5 amide bonds. The number of anilines is 2. The second kappa shape index (κ2) is 26.6. The van der Waals surface area contributed by atoms with E-state index in [1.54, 1.807) is 46.3 Å². The monoisotopic (exact) mass is 1170 g/mol. The van der Waals surface area contributed by atoms with Crippen molar-refractivity contribution in [3.8, 4) is 16.2 Å². The molecule has 3 aliphatic heterocycles. The molecule has 4 fully saturated rings. The fourth-order valence-corrected chi connectivity index (χ4v) is 14.5. The third-order valence-corrected chi connectivity index (χ3v) is 19.7. The van der Waals surface area contributed by atoms with Crippen molar-refractivity contribution in [1.29, 1.82) is 0 Å². The summed E-state index contributed by atoms with van der Waals surface area (Å²) in [5.41, 5.74) is 7.21. The second-order valence-electron chi connectivity index (χ2n) is 23.3. The molecule has 438 valence electrons. The molecule has 1 saturated carbocycles. The van der Waals surface area contributed by atoms with Gasteiger partial charge < -0.3 is 35.2 Å². The summed E-state index contributed by atoms with van der Waals surface area (Å²) >= 11 is 4.42. The molecule has 21 heteroatoms. The minimum absolute atomic E-state index is 0.00203. The van der Waals surface area contributed by atoms with E-state index in [0.29, 0.717) is 54.2 Å². The number of carbonyl (C=O) groups is 6. The van der Waals surface area contributed by atoms with Crippen LogP contribution in [0.15, 0.2) is 81.5 Å². The number of amides is 5. The molecule has 1 aliphatic carbocycles. The van der Waals surface area contributed by atoms with Crippen molar-refractivity contribution in [2.75, 3.05) is 82.8 Å². The molecular weight excluding hydrogens is 1100 g/mol. The van der Waals surface area contributed by atoms with Gasteiger partial charge in [0.15, 0.2) is 10.9 Å². The number of nitrogens with zero attached hydrogens (tertiary/aromatic N) is 7. The highest BCUT2D eigenvalue weighted by atomic mass is 32.2. The number of benzene rings is 3. The van der Waals surface area contributed by atoms with Crippen LogP contribution in [0.3, 0.4) is 0 Å². The maximum absolute atomic E-state index is 14.2. The first-order valence-electron chi connectivity index (χ1n) is 28.6. The maximum atomic E-state index is 14.2. The number of ketones is 1. The summed E-state index contributed by atoms with van der Waals surface area (Å²) in [6, 6.07) is 18.1. The van der Waals surface area contributed by atoms with Crippen molar-refractivity contribution in [1.82, 2.24) is 40.2 Å². The molecule has 3 saturated heterocycles. The van der Waals surface area contributed by atoms with Gasteiger partial charge in [0.05, 0.1) is 69.9 Å². The predicted octanol–water partition coefficient (Wildman–Crippen LogP) is 8.08. The van der Waals surface area contributed by atoms with Gasteiger partial charge in [-0.15, -0.1) is 11.3 Å². The van der Waals surface area contributed by atoms with Gasteiger partial charge in [-0.25, -0.2) is 9.97 Å². The summed E-state index contributed by atoms with van der Waals surface area (Å²) < 4.78 is 6.47. The number of carbonyl (C=O) groups excluding carboxylic acids is 6. The van der Waals surface area contributed by atoms with Crippen LogP contribution < -0.4 is 25.6 Å². The number of Topliss-reactive ketones (excluding diaryl/α,β-unsaturated/α-hetero) is 1. The molecule has 2 unspecified atom stereocenters. The van der Waals surface area contributed by atoms with Gasteiger partial charge in [-0.05, 0) is 111 Å². The summed E-state index contributed by atoms with van der Waals surface area (Å²) in [5, 5.41) is 20.5. The highest BCUT2D eigenvalue weighted by Crippen LogP contribution is 2.39. The molecule has 82 heavy (non-hydrogen) atoms. The van der Waals surface area contributed by atoms with Crippen molar-refractivity contribution in [2.45, 2.75) is 126 Å². The number of aryl methyl sites for hydroxylation is 2. The number of aliphatic hydroxyl groups excluding tert-OH is 1. The molecule has 2 aromatic heterocycles. The Kier molecular flexibility index (Phi) is 19.6. The topological polar surface area (TPSA) is 210 Å². The van der Waals surface area contributed by atoms with Gasteiger partial charge in [-0.1, -0.05) is 74.6 Å². The number of nitrogens with one attached hydrogen (secondary N) is 3. The lowest BCUT2D eigenvalue weighted by Crippen LogP contribution is -2.55. The maximum Gasteiger partial charge on any atom is 0.257 e. The predicted molar refractivity (Wildman–Crippen MR) is 322 cm³/mol. The number of likely N-dealkylation sites (tertiary alicyclic amines) is 1. The Morgan fingerprint density at radius 2 is 1.55 bits per heavy atom. The average molecular weight is 1180 g/mol. The Labute approximate surface area is 493 Å². The number of rotatable bonds is 17. The van der Waals surface area contributed by atoms with E-state index in [1.165, 1.54) is 23.1 Å². The van der Waals surface area contributed by atoms with E-state index >= 15 is 0 Å². The molecule has 9 rings (SSSR count). The quantitative estimate of drug-likeness (QED) is 0.0649. The lowest BCUT2D eigenvalue weighted by atomic mass is 9.83. The van der Waals surface area contributed by atoms with Crippen molar-refractivity contribution in [2.24, 2.45) is 11.3 Å². The second-order valence-corrected chi connectivity index (χ2v) is 26.5. The molecule has 18 nitrogen and oxygen atoms in total. The van der Waals surface area contributed by atoms with Crippen LogP contribution >= 0.6 is 34.4 Å². The number of methoxy groups -OCH3 is 1. The molecule has 4 N–H and O–H groups in total. The van der Waals surface area contributed by atoms with E-state index in [0.717, 1.165) is 100 Å². The first-order valence-corrected chi connectivity index (χ1v) is 31.1. The molecule has 0 spiro atoms. The summed E-state index contributed by atoms with van der Waals surface area (Å²) in [6.45, 7) is 18.7. The van der Waals surface area contributed by atoms with E-state index in [-0.39, 0.29) is 66.8 Å². The van der Waals surface area contributed by atoms with Crippen molar-refractivity contribution >= 4 is 80.6 Å². The molecule has 3 aromatic carbocycles. The lowest BCUT2D eigenvalue weighted by molar-refractivity contribution is -0.134. The third kappa shape index (κ3) is 14.6. The molecular formula is C61H78N10O8S3.